The van der Waals surface area contributed by atoms with Crippen LogP contribution in [0.3, 0.4) is 0 Å². The van der Waals surface area contributed by atoms with Crippen molar-refractivity contribution < 1.29 is 18.9 Å². The summed E-state index contributed by atoms with van der Waals surface area (Å²) in [5.74, 6) is 2.06. The van der Waals surface area contributed by atoms with Gasteiger partial charge in [0.25, 0.3) is 5.56 Å². The van der Waals surface area contributed by atoms with Gasteiger partial charge in [0, 0.05) is 11.1 Å². The quantitative estimate of drug-likeness (QED) is 0.434. The van der Waals surface area contributed by atoms with Gasteiger partial charge in [-0.1, -0.05) is 23.7 Å². The van der Waals surface area contributed by atoms with Crippen molar-refractivity contribution in [2.75, 3.05) is 27.4 Å². The van der Waals surface area contributed by atoms with Crippen LogP contribution < -0.4 is 30.2 Å². The Bertz CT molecular complexity index is 1520. The minimum Gasteiger partial charge on any atom is -0.493 e. The van der Waals surface area contributed by atoms with Crippen molar-refractivity contribution in [1.29, 1.82) is 0 Å². The Morgan fingerprint density at radius 3 is 2.38 bits per heavy atom. The molecule has 3 aromatic carbocycles. The van der Waals surface area contributed by atoms with Crippen LogP contribution >= 0.6 is 11.6 Å². The van der Waals surface area contributed by atoms with Crippen LogP contribution in [0.4, 0.5) is 0 Å². The molecule has 0 saturated heterocycles. The largest absolute Gasteiger partial charge is 0.493 e. The molecule has 9 heteroatoms. The highest BCUT2D eigenvalue weighted by atomic mass is 35.5. The number of methoxy groups -OCH3 is 2. The molecule has 0 radical (unpaired) electrons. The van der Waals surface area contributed by atoms with E-state index in [-0.39, 0.29) is 6.54 Å². The zero-order valence-corrected chi connectivity index (χ0v) is 19.3. The number of nitrogens with zero attached hydrogens (tertiary/aromatic N) is 2. The highest BCUT2D eigenvalue weighted by molar-refractivity contribution is 6.30. The van der Waals surface area contributed by atoms with E-state index < -0.39 is 11.2 Å². The van der Waals surface area contributed by atoms with E-state index in [1.165, 1.54) is 18.8 Å². The van der Waals surface area contributed by atoms with Gasteiger partial charge in [0.15, 0.2) is 23.0 Å². The normalized spacial score (nSPS) is 12.6. The van der Waals surface area contributed by atoms with E-state index in [2.05, 4.69) is 0 Å². The van der Waals surface area contributed by atoms with Gasteiger partial charge < -0.3 is 18.9 Å². The summed E-state index contributed by atoms with van der Waals surface area (Å²) in [5.41, 5.74) is 0.596. The summed E-state index contributed by atoms with van der Waals surface area (Å²) >= 11 is 6.16. The van der Waals surface area contributed by atoms with Gasteiger partial charge in [-0.15, -0.1) is 0 Å². The molecule has 1 aliphatic heterocycles. The van der Waals surface area contributed by atoms with Crippen molar-refractivity contribution in [3.63, 3.8) is 0 Å². The lowest BCUT2D eigenvalue weighted by molar-refractivity contribution is 0.171. The second-order valence-electron chi connectivity index (χ2n) is 7.69. The van der Waals surface area contributed by atoms with Gasteiger partial charge in [0.1, 0.15) is 13.2 Å². The first-order chi connectivity index (χ1) is 16.5. The molecule has 34 heavy (non-hydrogen) atoms. The first-order valence-corrected chi connectivity index (χ1v) is 10.9. The predicted octanol–water partition coefficient (Wildman–Crippen LogP) is 3.64. The van der Waals surface area contributed by atoms with Gasteiger partial charge in [0.2, 0.25) is 0 Å². The average molecular weight is 481 g/mol. The van der Waals surface area contributed by atoms with Crippen LogP contribution in [0.2, 0.25) is 5.02 Å². The Kier molecular flexibility index (Phi) is 5.67. The SMILES string of the molecule is COc1cc2c(=O)n(-c3cccc(Cl)c3)c(=O)n(Cc3ccc4c(c3)OCCO4)c2cc1OC. The molecule has 0 aliphatic carbocycles. The van der Waals surface area contributed by atoms with Crippen LogP contribution in [-0.2, 0) is 6.54 Å². The van der Waals surface area contributed by atoms with Crippen molar-refractivity contribution in [2.24, 2.45) is 0 Å². The second kappa shape index (κ2) is 8.79. The molecule has 0 bridgehead atoms. The summed E-state index contributed by atoms with van der Waals surface area (Å²) in [5, 5.41) is 0.712. The molecule has 0 atom stereocenters. The van der Waals surface area contributed by atoms with Crippen LogP contribution in [0.15, 0.2) is 64.2 Å². The van der Waals surface area contributed by atoms with Crippen molar-refractivity contribution >= 4 is 22.5 Å². The van der Waals surface area contributed by atoms with E-state index in [0.717, 1.165) is 10.1 Å². The van der Waals surface area contributed by atoms with Crippen molar-refractivity contribution in [3.8, 4) is 28.7 Å². The number of rotatable bonds is 5. The maximum Gasteiger partial charge on any atom is 0.336 e. The fourth-order valence-corrected chi connectivity index (χ4v) is 4.24. The summed E-state index contributed by atoms with van der Waals surface area (Å²) in [6.07, 6.45) is 0. The van der Waals surface area contributed by atoms with Gasteiger partial charge in [0.05, 0.1) is 37.4 Å². The summed E-state index contributed by atoms with van der Waals surface area (Å²) in [7, 11) is 2.99. The monoisotopic (exact) mass is 480 g/mol. The number of halogens is 1. The number of aromatic nitrogens is 2. The number of hydrogen-bond acceptors (Lipinski definition) is 6. The Labute approximate surface area is 199 Å². The van der Waals surface area contributed by atoms with Gasteiger partial charge in [-0.25, -0.2) is 9.36 Å². The second-order valence-corrected chi connectivity index (χ2v) is 8.13. The van der Waals surface area contributed by atoms with Crippen molar-refractivity contribution in [2.45, 2.75) is 6.54 Å². The van der Waals surface area contributed by atoms with E-state index in [9.17, 15) is 9.59 Å². The van der Waals surface area contributed by atoms with Crippen LogP contribution in [0, 0.1) is 0 Å². The van der Waals surface area contributed by atoms with E-state index in [1.54, 1.807) is 36.4 Å². The summed E-state index contributed by atoms with van der Waals surface area (Å²) in [6, 6.07) is 15.3. The van der Waals surface area contributed by atoms with E-state index in [1.807, 2.05) is 18.2 Å². The van der Waals surface area contributed by atoms with Crippen LogP contribution in [0.5, 0.6) is 23.0 Å². The molecule has 0 unspecified atom stereocenters. The number of benzene rings is 3. The average Bonchev–Trinajstić information content (AvgIpc) is 2.85. The van der Waals surface area contributed by atoms with Crippen molar-refractivity contribution in [3.05, 3.63) is 86.0 Å². The maximum atomic E-state index is 13.7. The molecule has 1 aromatic heterocycles. The fourth-order valence-electron chi connectivity index (χ4n) is 4.06. The molecule has 1 aliphatic rings. The van der Waals surface area contributed by atoms with Gasteiger partial charge in [-0.2, -0.15) is 0 Å². The molecule has 5 rings (SSSR count). The molecular formula is C25H21ClN2O6. The summed E-state index contributed by atoms with van der Waals surface area (Å²) < 4.78 is 24.8. The molecule has 8 nitrogen and oxygen atoms in total. The zero-order chi connectivity index (χ0) is 23.8. The fraction of sp³-hybridized carbons (Fsp3) is 0.200. The molecule has 0 fully saturated rings. The number of ether oxygens (including phenoxy) is 4. The van der Waals surface area contributed by atoms with E-state index in [0.29, 0.717) is 57.8 Å². The van der Waals surface area contributed by atoms with Gasteiger partial charge in [-0.05, 0) is 42.0 Å². The lowest BCUT2D eigenvalue weighted by atomic mass is 10.1. The summed E-state index contributed by atoms with van der Waals surface area (Å²) in [6.45, 7) is 1.13. The number of hydrogen-bond donors (Lipinski definition) is 0. The van der Waals surface area contributed by atoms with E-state index in [4.69, 9.17) is 30.5 Å². The third-order valence-electron chi connectivity index (χ3n) is 5.66. The Morgan fingerprint density at radius 2 is 1.65 bits per heavy atom. The minimum atomic E-state index is -0.512. The maximum absolute atomic E-state index is 13.7. The van der Waals surface area contributed by atoms with Crippen LogP contribution in [-0.4, -0.2) is 36.6 Å². The Morgan fingerprint density at radius 1 is 0.912 bits per heavy atom. The minimum absolute atomic E-state index is 0.183. The predicted molar refractivity (Wildman–Crippen MR) is 128 cm³/mol. The van der Waals surface area contributed by atoms with Gasteiger partial charge >= 0.3 is 5.69 Å². The Hall–Kier alpha value is -3.91. The molecular weight excluding hydrogens is 460 g/mol. The highest BCUT2D eigenvalue weighted by Crippen LogP contribution is 2.33. The molecule has 0 spiro atoms. The molecule has 0 saturated carbocycles. The standard InChI is InChI=1S/C25H21ClN2O6/c1-31-21-12-18-19(13-22(21)32-2)27(14-15-6-7-20-23(10-15)34-9-8-33-20)25(30)28(24(18)29)17-5-3-4-16(26)11-17/h3-7,10-13H,8-9,14H2,1-2H3. The summed E-state index contributed by atoms with van der Waals surface area (Å²) in [4.78, 5) is 27.2. The Balaban J connectivity index is 1.78. The molecule has 2 heterocycles. The zero-order valence-electron chi connectivity index (χ0n) is 18.5. The first kappa shape index (κ1) is 21.9. The molecule has 0 amide bonds. The smallest absolute Gasteiger partial charge is 0.336 e. The molecule has 174 valence electrons. The number of fused-ring (bicyclic) bond motifs is 2. The molecule has 4 aromatic rings. The third kappa shape index (κ3) is 3.76. The van der Waals surface area contributed by atoms with Crippen LogP contribution in [0.25, 0.3) is 16.6 Å². The lowest BCUT2D eigenvalue weighted by Crippen LogP contribution is -2.39. The van der Waals surface area contributed by atoms with Crippen molar-refractivity contribution in [1.82, 2.24) is 9.13 Å². The first-order valence-electron chi connectivity index (χ1n) is 10.6. The highest BCUT2D eigenvalue weighted by Gasteiger charge is 2.19. The van der Waals surface area contributed by atoms with E-state index >= 15 is 0 Å². The third-order valence-corrected chi connectivity index (χ3v) is 5.90. The van der Waals surface area contributed by atoms with Gasteiger partial charge in [-0.3, -0.25) is 9.36 Å². The van der Waals surface area contributed by atoms with Crippen LogP contribution in [0.1, 0.15) is 5.56 Å². The lowest BCUT2D eigenvalue weighted by Gasteiger charge is -2.20. The molecule has 0 N–H and O–H groups in total. The topological polar surface area (TPSA) is 80.9 Å².